The lowest BCUT2D eigenvalue weighted by atomic mass is 10.0. The van der Waals surface area contributed by atoms with Crippen molar-refractivity contribution in [1.82, 2.24) is 0 Å². The van der Waals surface area contributed by atoms with E-state index >= 15 is 0 Å². The van der Waals surface area contributed by atoms with Crippen LogP contribution in [-0.4, -0.2) is 27.3 Å². The van der Waals surface area contributed by atoms with Gasteiger partial charge in [-0.1, -0.05) is 6.07 Å². The fraction of sp³-hybridized carbons (Fsp3) is 0.143. The second-order valence-electron chi connectivity index (χ2n) is 5.98. The number of rotatable bonds is 5. The third-order valence-electron chi connectivity index (χ3n) is 4.41. The zero-order valence-corrected chi connectivity index (χ0v) is 16.6. The zero-order valence-electron chi connectivity index (χ0n) is 15.8. The van der Waals surface area contributed by atoms with E-state index in [1.165, 1.54) is 38.7 Å². The van der Waals surface area contributed by atoms with E-state index in [0.717, 1.165) is 0 Å². The Hall–Kier alpha value is -3.52. The lowest BCUT2D eigenvalue weighted by Crippen LogP contribution is -2.07. The summed E-state index contributed by atoms with van der Waals surface area (Å²) in [5.74, 6) is 0.847. The van der Waals surface area contributed by atoms with Crippen molar-refractivity contribution >= 4 is 39.0 Å². The number of methoxy groups -OCH3 is 3. The standard InChI is InChI=1S/C21H16O7S/c1-24-15-10-13-17(19(26-3)18(15)25-2)12-7-6-11(9-14(12)28-20(13)22)27-21(23)16-5-4-8-29-16/h4-10H,1-3H3. The van der Waals surface area contributed by atoms with Gasteiger partial charge in [-0.3, -0.25) is 0 Å². The first-order chi connectivity index (χ1) is 14.1. The average Bonchev–Trinajstić information content (AvgIpc) is 3.27. The van der Waals surface area contributed by atoms with Gasteiger partial charge < -0.3 is 23.4 Å². The van der Waals surface area contributed by atoms with Crippen LogP contribution in [0.5, 0.6) is 23.0 Å². The van der Waals surface area contributed by atoms with Crippen molar-refractivity contribution in [3.63, 3.8) is 0 Å². The molecule has 148 valence electrons. The highest BCUT2D eigenvalue weighted by atomic mass is 32.1. The summed E-state index contributed by atoms with van der Waals surface area (Å²) in [6, 6.07) is 9.81. The Labute approximate surface area is 169 Å². The maximum absolute atomic E-state index is 12.6. The topological polar surface area (TPSA) is 84.2 Å². The molecule has 0 aliphatic carbocycles. The third kappa shape index (κ3) is 3.17. The molecule has 7 nitrogen and oxygen atoms in total. The van der Waals surface area contributed by atoms with Gasteiger partial charge in [0, 0.05) is 16.8 Å². The summed E-state index contributed by atoms with van der Waals surface area (Å²) in [4.78, 5) is 25.3. The Kier molecular flexibility index (Phi) is 4.85. The van der Waals surface area contributed by atoms with E-state index in [0.29, 0.717) is 32.9 Å². The Bertz CT molecular complexity index is 1270. The van der Waals surface area contributed by atoms with Crippen LogP contribution in [0, 0.1) is 0 Å². The first-order valence-corrected chi connectivity index (χ1v) is 9.40. The van der Waals surface area contributed by atoms with Crippen LogP contribution in [0.1, 0.15) is 9.67 Å². The summed E-state index contributed by atoms with van der Waals surface area (Å²) < 4.78 is 27.1. The van der Waals surface area contributed by atoms with E-state index in [9.17, 15) is 9.59 Å². The molecular weight excluding hydrogens is 396 g/mol. The summed E-state index contributed by atoms with van der Waals surface area (Å²) in [5, 5.41) is 3.20. The van der Waals surface area contributed by atoms with Gasteiger partial charge in [-0.2, -0.15) is 0 Å². The van der Waals surface area contributed by atoms with E-state index in [-0.39, 0.29) is 16.7 Å². The van der Waals surface area contributed by atoms with Crippen LogP contribution in [0.4, 0.5) is 0 Å². The van der Waals surface area contributed by atoms with Gasteiger partial charge in [0.25, 0.3) is 0 Å². The molecule has 0 N–H and O–H groups in total. The van der Waals surface area contributed by atoms with Crippen molar-refractivity contribution in [2.45, 2.75) is 0 Å². The Morgan fingerprint density at radius 3 is 2.41 bits per heavy atom. The van der Waals surface area contributed by atoms with Crippen LogP contribution in [-0.2, 0) is 0 Å². The van der Waals surface area contributed by atoms with Gasteiger partial charge in [-0.25, -0.2) is 9.59 Å². The summed E-state index contributed by atoms with van der Waals surface area (Å²) in [6.45, 7) is 0. The number of carbonyl (C=O) groups is 1. The summed E-state index contributed by atoms with van der Waals surface area (Å²) in [7, 11) is 4.44. The molecule has 8 heteroatoms. The quantitative estimate of drug-likeness (QED) is 0.210. The lowest BCUT2D eigenvalue weighted by Gasteiger charge is -2.15. The van der Waals surface area contributed by atoms with Crippen molar-refractivity contribution in [1.29, 1.82) is 0 Å². The molecule has 2 aromatic heterocycles. The number of thiophene rings is 1. The largest absolute Gasteiger partial charge is 0.493 e. The maximum Gasteiger partial charge on any atom is 0.353 e. The van der Waals surface area contributed by atoms with E-state index in [4.69, 9.17) is 23.4 Å². The van der Waals surface area contributed by atoms with Gasteiger partial charge >= 0.3 is 11.6 Å². The highest BCUT2D eigenvalue weighted by Gasteiger charge is 2.21. The van der Waals surface area contributed by atoms with Crippen molar-refractivity contribution < 1.29 is 28.2 Å². The number of benzene rings is 2. The van der Waals surface area contributed by atoms with E-state index < -0.39 is 11.6 Å². The van der Waals surface area contributed by atoms with Crippen LogP contribution in [0.2, 0.25) is 0 Å². The van der Waals surface area contributed by atoms with E-state index in [1.807, 2.05) is 0 Å². The Morgan fingerprint density at radius 1 is 0.966 bits per heavy atom. The third-order valence-corrected chi connectivity index (χ3v) is 5.26. The van der Waals surface area contributed by atoms with Gasteiger partial charge in [0.05, 0.1) is 26.7 Å². The number of ether oxygens (including phenoxy) is 4. The normalized spacial score (nSPS) is 10.9. The number of hydrogen-bond acceptors (Lipinski definition) is 8. The minimum absolute atomic E-state index is 0.254. The molecule has 2 aromatic carbocycles. The van der Waals surface area contributed by atoms with Crippen molar-refractivity contribution in [3.8, 4) is 23.0 Å². The van der Waals surface area contributed by atoms with Gasteiger partial charge in [0.1, 0.15) is 16.2 Å². The molecule has 0 amide bonds. The van der Waals surface area contributed by atoms with Crippen LogP contribution >= 0.6 is 11.3 Å². The predicted octanol–water partition coefficient (Wildman–Crippen LogP) is 4.25. The van der Waals surface area contributed by atoms with Crippen LogP contribution in [0.15, 0.2) is 51.0 Å². The highest BCUT2D eigenvalue weighted by molar-refractivity contribution is 7.12. The molecule has 0 spiro atoms. The second kappa shape index (κ2) is 7.48. The molecule has 0 unspecified atom stereocenters. The first kappa shape index (κ1) is 18.8. The summed E-state index contributed by atoms with van der Waals surface area (Å²) >= 11 is 1.28. The highest BCUT2D eigenvalue weighted by Crippen LogP contribution is 2.45. The predicted molar refractivity (Wildman–Crippen MR) is 109 cm³/mol. The molecule has 4 rings (SSSR count). The molecular formula is C21H16O7S. The lowest BCUT2D eigenvalue weighted by molar-refractivity contribution is 0.0740. The van der Waals surface area contributed by atoms with Gasteiger partial charge in [-0.05, 0) is 29.6 Å². The molecule has 0 saturated carbocycles. The Morgan fingerprint density at radius 2 is 1.76 bits per heavy atom. The number of hydrogen-bond donors (Lipinski definition) is 0. The first-order valence-electron chi connectivity index (χ1n) is 8.52. The summed E-state index contributed by atoms with van der Waals surface area (Å²) in [6.07, 6.45) is 0. The average molecular weight is 412 g/mol. The van der Waals surface area contributed by atoms with E-state index in [2.05, 4.69) is 0 Å². The molecule has 0 saturated heterocycles. The molecule has 0 bridgehead atoms. The molecule has 0 aliphatic heterocycles. The Balaban J connectivity index is 1.92. The SMILES string of the molecule is COc1cc2c(=O)oc3cc(OC(=O)c4cccs4)ccc3c2c(OC)c1OC. The van der Waals surface area contributed by atoms with Crippen molar-refractivity contribution in [2.24, 2.45) is 0 Å². The zero-order chi connectivity index (χ0) is 20.5. The number of esters is 1. The van der Waals surface area contributed by atoms with Gasteiger partial charge in [-0.15, -0.1) is 11.3 Å². The minimum atomic E-state index is -0.575. The molecule has 0 aliphatic rings. The molecule has 0 atom stereocenters. The van der Waals surface area contributed by atoms with E-state index in [1.54, 1.807) is 35.7 Å². The minimum Gasteiger partial charge on any atom is -0.493 e. The molecule has 29 heavy (non-hydrogen) atoms. The fourth-order valence-corrected chi connectivity index (χ4v) is 3.75. The van der Waals surface area contributed by atoms with Crippen LogP contribution in [0.25, 0.3) is 21.7 Å². The van der Waals surface area contributed by atoms with Crippen molar-refractivity contribution in [2.75, 3.05) is 21.3 Å². The maximum atomic E-state index is 12.6. The fourth-order valence-electron chi connectivity index (χ4n) is 3.15. The smallest absolute Gasteiger partial charge is 0.353 e. The van der Waals surface area contributed by atoms with Crippen LogP contribution < -0.4 is 24.6 Å². The van der Waals surface area contributed by atoms with Gasteiger partial charge in [0.15, 0.2) is 11.5 Å². The number of fused-ring (bicyclic) bond motifs is 3. The second-order valence-corrected chi connectivity index (χ2v) is 6.93. The molecule has 0 radical (unpaired) electrons. The number of carbonyl (C=O) groups excluding carboxylic acids is 1. The monoisotopic (exact) mass is 412 g/mol. The van der Waals surface area contributed by atoms with Gasteiger partial charge in [0.2, 0.25) is 5.75 Å². The van der Waals surface area contributed by atoms with Crippen LogP contribution in [0.3, 0.4) is 0 Å². The molecule has 2 heterocycles. The molecule has 0 fully saturated rings. The van der Waals surface area contributed by atoms with Crippen molar-refractivity contribution in [3.05, 3.63) is 57.1 Å². The summed E-state index contributed by atoms with van der Waals surface area (Å²) in [5.41, 5.74) is -0.321. The molecule has 4 aromatic rings.